The third-order valence-corrected chi connectivity index (χ3v) is 6.34. The lowest BCUT2D eigenvalue weighted by Gasteiger charge is -2.24. The van der Waals surface area contributed by atoms with Crippen molar-refractivity contribution in [3.8, 4) is 0 Å². The van der Waals surface area contributed by atoms with Gasteiger partial charge >= 0.3 is 0 Å². The Morgan fingerprint density at radius 3 is 2.90 bits per heavy atom. The van der Waals surface area contributed by atoms with E-state index in [0.29, 0.717) is 11.8 Å². The first-order valence-electron chi connectivity index (χ1n) is 10.2. The molecule has 1 aromatic carbocycles. The van der Waals surface area contributed by atoms with E-state index in [1.165, 1.54) is 11.8 Å². The van der Waals surface area contributed by atoms with E-state index >= 15 is 0 Å². The summed E-state index contributed by atoms with van der Waals surface area (Å²) in [6.07, 6.45) is 5.79. The summed E-state index contributed by atoms with van der Waals surface area (Å²) in [5, 5.41) is 26.3. The molecule has 1 aliphatic rings. The summed E-state index contributed by atoms with van der Waals surface area (Å²) in [4.78, 5) is 5.65. The number of anilines is 1. The van der Waals surface area contributed by atoms with Gasteiger partial charge in [0.1, 0.15) is 0 Å². The van der Waals surface area contributed by atoms with Crippen LogP contribution in [0, 0.1) is 0 Å². The van der Waals surface area contributed by atoms with Gasteiger partial charge in [-0.25, -0.2) is 0 Å². The molecule has 5 rings (SSSR count). The minimum absolute atomic E-state index is 0.424. The monoisotopic (exact) mass is 434 g/mol. The minimum atomic E-state index is 0.424. The Balaban J connectivity index is 1.42. The van der Waals surface area contributed by atoms with Crippen LogP contribution in [-0.4, -0.2) is 49.8 Å². The second-order valence-electron chi connectivity index (χ2n) is 7.53. The van der Waals surface area contributed by atoms with Crippen molar-refractivity contribution in [2.75, 3.05) is 18.5 Å². The Morgan fingerprint density at radius 2 is 2.06 bits per heavy atom. The fraction of sp³-hybridized carbons (Fsp3) is 0.273. The number of aromatic nitrogens is 4. The normalized spacial score (nSPS) is 15.6. The van der Waals surface area contributed by atoms with Gasteiger partial charge in [-0.05, 0) is 67.9 Å². The fourth-order valence-corrected chi connectivity index (χ4v) is 4.51. The molecule has 0 amide bonds. The van der Waals surface area contributed by atoms with Crippen LogP contribution in [0.15, 0.2) is 64.0 Å². The molecule has 8 nitrogen and oxygen atoms in total. The van der Waals surface area contributed by atoms with E-state index in [9.17, 15) is 0 Å². The highest BCUT2D eigenvalue weighted by molar-refractivity contribution is 7.99. The molecule has 0 bridgehead atoms. The zero-order valence-electron chi connectivity index (χ0n) is 17.0. The van der Waals surface area contributed by atoms with Crippen molar-refractivity contribution in [2.45, 2.75) is 35.9 Å². The lowest BCUT2D eigenvalue weighted by atomic mass is 10.1. The Kier molecular flexibility index (Phi) is 5.44. The summed E-state index contributed by atoms with van der Waals surface area (Å²) in [6, 6.07) is 12.5. The lowest BCUT2D eigenvalue weighted by molar-refractivity contribution is 0.0904. The van der Waals surface area contributed by atoms with Crippen LogP contribution in [0.4, 0.5) is 5.69 Å². The number of nitrogens with zero attached hydrogens (tertiary/aromatic N) is 5. The molecule has 1 saturated heterocycles. The maximum Gasteiger partial charge on any atom is 0.200 e. The Bertz CT molecular complexity index is 1270. The molecule has 0 atom stereocenters. The van der Waals surface area contributed by atoms with Gasteiger partial charge in [0.05, 0.1) is 23.1 Å². The summed E-state index contributed by atoms with van der Waals surface area (Å²) in [7, 11) is 0. The van der Waals surface area contributed by atoms with Gasteiger partial charge in [0.2, 0.25) is 0 Å². The lowest BCUT2D eigenvalue weighted by Crippen LogP contribution is -2.27. The molecule has 3 aromatic heterocycles. The second kappa shape index (κ2) is 8.52. The van der Waals surface area contributed by atoms with Crippen LogP contribution in [0.1, 0.15) is 25.3 Å². The molecule has 4 aromatic rings. The quantitative estimate of drug-likeness (QED) is 0.276. The number of ether oxygens (including phenoxy) is 1. The highest BCUT2D eigenvalue weighted by atomic mass is 32.2. The first kappa shape index (κ1) is 19.8. The van der Waals surface area contributed by atoms with Crippen molar-refractivity contribution >= 4 is 39.7 Å². The number of oxime groups is 1. The van der Waals surface area contributed by atoms with Crippen molar-refractivity contribution in [2.24, 2.45) is 5.16 Å². The number of hydrogen-bond acceptors (Lipinski definition) is 8. The molecule has 9 heteroatoms. The third-order valence-electron chi connectivity index (χ3n) is 5.39. The van der Waals surface area contributed by atoms with E-state index in [0.717, 1.165) is 63.9 Å². The zero-order valence-corrected chi connectivity index (χ0v) is 17.8. The van der Waals surface area contributed by atoms with Crippen LogP contribution in [0.25, 0.3) is 16.6 Å². The van der Waals surface area contributed by atoms with Crippen molar-refractivity contribution < 1.29 is 9.94 Å². The predicted octanol–water partition coefficient (Wildman–Crippen LogP) is 4.22. The highest BCUT2D eigenvalue weighted by Crippen LogP contribution is 2.30. The fourth-order valence-electron chi connectivity index (χ4n) is 3.65. The predicted molar refractivity (Wildman–Crippen MR) is 120 cm³/mol. The topological polar surface area (TPSA) is 96.9 Å². The summed E-state index contributed by atoms with van der Waals surface area (Å²) in [6.45, 7) is 3.36. The summed E-state index contributed by atoms with van der Waals surface area (Å²) >= 11 is 1.53. The Hall–Kier alpha value is -3.17. The van der Waals surface area contributed by atoms with Crippen molar-refractivity contribution in [1.29, 1.82) is 0 Å². The minimum Gasteiger partial charge on any atom is -0.411 e. The zero-order chi connectivity index (χ0) is 21.2. The largest absolute Gasteiger partial charge is 0.411 e. The van der Waals surface area contributed by atoms with E-state index < -0.39 is 0 Å². The van der Waals surface area contributed by atoms with E-state index in [-0.39, 0.29) is 0 Å². The Morgan fingerprint density at radius 1 is 1.19 bits per heavy atom. The van der Waals surface area contributed by atoms with Crippen molar-refractivity contribution in [3.05, 3.63) is 54.4 Å². The molecule has 0 unspecified atom stereocenters. The van der Waals surface area contributed by atoms with E-state index in [4.69, 9.17) is 9.94 Å². The van der Waals surface area contributed by atoms with Crippen LogP contribution in [-0.2, 0) is 4.74 Å². The molecule has 4 heterocycles. The number of pyridine rings is 2. The molecule has 1 fully saturated rings. The highest BCUT2D eigenvalue weighted by Gasteiger charge is 2.14. The van der Waals surface area contributed by atoms with Crippen LogP contribution in [0.5, 0.6) is 0 Å². The third kappa shape index (κ3) is 4.19. The number of hydrogen-bond donors (Lipinski definition) is 2. The maximum absolute atomic E-state index is 9.07. The first-order chi connectivity index (χ1) is 15.2. The first-order valence-corrected chi connectivity index (χ1v) is 11.0. The van der Waals surface area contributed by atoms with Gasteiger partial charge in [-0.1, -0.05) is 5.16 Å². The molecular formula is C22H22N6O2S. The van der Waals surface area contributed by atoms with Crippen molar-refractivity contribution in [1.82, 2.24) is 19.6 Å². The van der Waals surface area contributed by atoms with Gasteiger partial charge in [-0.2, -0.15) is 0 Å². The van der Waals surface area contributed by atoms with Crippen LogP contribution < -0.4 is 5.32 Å². The summed E-state index contributed by atoms with van der Waals surface area (Å²) < 4.78 is 7.34. The van der Waals surface area contributed by atoms with Gasteiger partial charge < -0.3 is 15.3 Å². The molecule has 0 radical (unpaired) electrons. The number of rotatable bonds is 5. The average Bonchev–Trinajstić information content (AvgIpc) is 3.21. The van der Waals surface area contributed by atoms with Gasteiger partial charge in [0.25, 0.3) is 0 Å². The van der Waals surface area contributed by atoms with E-state index in [1.54, 1.807) is 6.92 Å². The molecule has 158 valence electrons. The molecule has 0 spiro atoms. The van der Waals surface area contributed by atoms with Gasteiger partial charge in [0, 0.05) is 41.3 Å². The molecule has 2 N–H and O–H groups in total. The van der Waals surface area contributed by atoms with Crippen molar-refractivity contribution in [3.63, 3.8) is 0 Å². The smallest absolute Gasteiger partial charge is 0.200 e. The summed E-state index contributed by atoms with van der Waals surface area (Å²) in [5.41, 5.74) is 4.06. The molecule has 0 aliphatic carbocycles. The molecular weight excluding hydrogens is 412 g/mol. The maximum atomic E-state index is 9.07. The van der Waals surface area contributed by atoms with Crippen LogP contribution >= 0.6 is 11.8 Å². The van der Waals surface area contributed by atoms with Gasteiger partial charge in [-0.3, -0.25) is 9.38 Å². The number of benzene rings is 1. The van der Waals surface area contributed by atoms with Gasteiger partial charge in [0.15, 0.2) is 10.8 Å². The second-order valence-corrected chi connectivity index (χ2v) is 8.57. The standard InChI is InChI=1S/C22H22N6O2S/c1-14(27-29)15-2-5-21-25-26-22(28(21)13-15)31-19-3-4-20-16(11-19)10-18(12-23-20)24-17-6-8-30-9-7-17/h2-5,10-13,17,24,29H,6-9H2,1H3/b27-14+. The average molecular weight is 435 g/mol. The van der Waals surface area contributed by atoms with Crippen LogP contribution in [0.2, 0.25) is 0 Å². The van der Waals surface area contributed by atoms with Crippen LogP contribution in [0.3, 0.4) is 0 Å². The SMILES string of the molecule is C/C(=N\O)c1ccc2nnc(Sc3ccc4ncc(NC5CCOCC5)cc4c3)n2c1. The number of fused-ring (bicyclic) bond motifs is 2. The van der Waals surface area contributed by atoms with Gasteiger partial charge in [-0.15, -0.1) is 10.2 Å². The molecule has 1 aliphatic heterocycles. The Labute approximate surface area is 183 Å². The van der Waals surface area contributed by atoms with E-state index in [1.807, 2.05) is 41.1 Å². The molecule has 0 saturated carbocycles. The van der Waals surface area contributed by atoms with E-state index in [2.05, 4.69) is 37.8 Å². The summed E-state index contributed by atoms with van der Waals surface area (Å²) in [5.74, 6) is 0. The molecule has 31 heavy (non-hydrogen) atoms. The number of nitrogens with one attached hydrogen (secondary N) is 1.